The SMILES string of the molecule is C=C(C)[C@@H]1C[C@H](O)C(C)=C[C@H]1c1c(O)cc(-c2cccc(CN)c2)cc1O. The molecule has 1 aliphatic rings. The standard InChI is InChI=1S/C23H27NO3/c1-13(2)18-11-20(25)14(3)7-19(18)23-21(26)9-17(10-22(23)27)16-6-4-5-15(8-16)12-24/h4-10,18-20,25-27H,1,11-12,24H2,2-3H3/t18-,19+,20-/m0/s1. The number of aromatic hydroxyl groups is 2. The average molecular weight is 365 g/mol. The zero-order chi connectivity index (χ0) is 19.7. The van der Waals surface area contributed by atoms with Crippen molar-refractivity contribution in [1.82, 2.24) is 0 Å². The fraction of sp³-hybridized carbons (Fsp3) is 0.304. The monoisotopic (exact) mass is 365 g/mol. The lowest BCUT2D eigenvalue weighted by Crippen LogP contribution is -2.26. The molecule has 2 aromatic carbocycles. The number of aliphatic hydroxyl groups excluding tert-OH is 1. The van der Waals surface area contributed by atoms with Gasteiger partial charge in [-0.25, -0.2) is 0 Å². The largest absolute Gasteiger partial charge is 0.507 e. The maximum Gasteiger partial charge on any atom is 0.123 e. The third-order valence-electron chi connectivity index (χ3n) is 5.48. The molecule has 27 heavy (non-hydrogen) atoms. The molecule has 1 aliphatic carbocycles. The van der Waals surface area contributed by atoms with Crippen LogP contribution in [0, 0.1) is 5.92 Å². The van der Waals surface area contributed by atoms with Gasteiger partial charge >= 0.3 is 0 Å². The fourth-order valence-corrected chi connectivity index (χ4v) is 3.88. The molecular weight excluding hydrogens is 338 g/mol. The van der Waals surface area contributed by atoms with Crippen LogP contribution in [0.3, 0.4) is 0 Å². The van der Waals surface area contributed by atoms with Crippen molar-refractivity contribution in [3.8, 4) is 22.6 Å². The summed E-state index contributed by atoms with van der Waals surface area (Å²) >= 11 is 0. The Morgan fingerprint density at radius 3 is 2.41 bits per heavy atom. The molecular formula is C23H27NO3. The highest BCUT2D eigenvalue weighted by Gasteiger charge is 2.33. The van der Waals surface area contributed by atoms with Gasteiger partial charge in [-0.1, -0.05) is 36.4 Å². The van der Waals surface area contributed by atoms with Gasteiger partial charge in [-0.05, 0) is 66.6 Å². The summed E-state index contributed by atoms with van der Waals surface area (Å²) in [5.41, 5.74) is 10.6. The Kier molecular flexibility index (Phi) is 5.40. The van der Waals surface area contributed by atoms with E-state index >= 15 is 0 Å². The number of nitrogens with two attached hydrogens (primary N) is 1. The number of hydrogen-bond acceptors (Lipinski definition) is 4. The number of rotatable bonds is 4. The second-order valence-corrected chi connectivity index (χ2v) is 7.47. The van der Waals surface area contributed by atoms with E-state index in [1.54, 1.807) is 12.1 Å². The first kappa shape index (κ1) is 19.2. The van der Waals surface area contributed by atoms with Gasteiger partial charge in [0.1, 0.15) is 11.5 Å². The summed E-state index contributed by atoms with van der Waals surface area (Å²) in [7, 11) is 0. The summed E-state index contributed by atoms with van der Waals surface area (Å²) < 4.78 is 0. The average Bonchev–Trinajstić information content (AvgIpc) is 2.63. The predicted molar refractivity (Wildman–Crippen MR) is 109 cm³/mol. The van der Waals surface area contributed by atoms with E-state index in [4.69, 9.17) is 5.73 Å². The molecule has 0 saturated carbocycles. The summed E-state index contributed by atoms with van der Waals surface area (Å²) in [5.74, 6) is -0.193. The first-order valence-corrected chi connectivity index (χ1v) is 9.18. The highest BCUT2D eigenvalue weighted by atomic mass is 16.3. The lowest BCUT2D eigenvalue weighted by Gasteiger charge is -2.34. The van der Waals surface area contributed by atoms with Crippen LogP contribution in [-0.2, 0) is 6.54 Å². The van der Waals surface area contributed by atoms with Gasteiger partial charge in [0.15, 0.2) is 0 Å². The van der Waals surface area contributed by atoms with Crippen LogP contribution in [-0.4, -0.2) is 21.4 Å². The number of benzene rings is 2. The van der Waals surface area contributed by atoms with Gasteiger partial charge in [-0.2, -0.15) is 0 Å². The Morgan fingerprint density at radius 1 is 1.15 bits per heavy atom. The number of hydrogen-bond donors (Lipinski definition) is 4. The summed E-state index contributed by atoms with van der Waals surface area (Å²) in [6, 6.07) is 11.1. The lowest BCUT2D eigenvalue weighted by atomic mass is 9.72. The second-order valence-electron chi connectivity index (χ2n) is 7.47. The van der Waals surface area contributed by atoms with Gasteiger partial charge in [0.05, 0.1) is 6.10 Å². The van der Waals surface area contributed by atoms with Crippen LogP contribution in [0.25, 0.3) is 11.1 Å². The van der Waals surface area contributed by atoms with E-state index in [2.05, 4.69) is 6.58 Å². The van der Waals surface area contributed by atoms with E-state index in [1.165, 1.54) is 0 Å². The topological polar surface area (TPSA) is 86.7 Å². The summed E-state index contributed by atoms with van der Waals surface area (Å²) in [4.78, 5) is 0. The van der Waals surface area contributed by atoms with E-state index in [9.17, 15) is 15.3 Å². The third kappa shape index (κ3) is 3.77. The maximum atomic E-state index is 10.8. The van der Waals surface area contributed by atoms with Crippen molar-refractivity contribution in [3.63, 3.8) is 0 Å². The summed E-state index contributed by atoms with van der Waals surface area (Å²) in [6.07, 6.45) is 1.93. The first-order valence-electron chi connectivity index (χ1n) is 9.18. The van der Waals surface area contributed by atoms with Crippen LogP contribution in [0.15, 0.2) is 60.2 Å². The lowest BCUT2D eigenvalue weighted by molar-refractivity contribution is 0.168. The van der Waals surface area contributed by atoms with Crippen molar-refractivity contribution in [2.24, 2.45) is 11.7 Å². The highest BCUT2D eigenvalue weighted by molar-refractivity contribution is 5.70. The van der Waals surface area contributed by atoms with Crippen LogP contribution in [0.4, 0.5) is 0 Å². The molecule has 0 amide bonds. The number of phenolic OH excluding ortho intramolecular Hbond substituents is 2. The van der Waals surface area contributed by atoms with Crippen molar-refractivity contribution in [2.75, 3.05) is 0 Å². The van der Waals surface area contributed by atoms with E-state index < -0.39 is 6.10 Å². The minimum absolute atomic E-state index is 0.0415. The van der Waals surface area contributed by atoms with Gasteiger partial charge in [-0.3, -0.25) is 0 Å². The van der Waals surface area contributed by atoms with E-state index in [1.807, 2.05) is 44.2 Å². The molecule has 2 aromatic rings. The zero-order valence-electron chi connectivity index (χ0n) is 15.8. The molecule has 0 fully saturated rings. The van der Waals surface area contributed by atoms with Crippen molar-refractivity contribution in [2.45, 2.75) is 38.8 Å². The molecule has 4 heteroatoms. The predicted octanol–water partition coefficient (Wildman–Crippen LogP) is 4.21. The molecule has 3 atom stereocenters. The maximum absolute atomic E-state index is 10.8. The van der Waals surface area contributed by atoms with Gasteiger partial charge < -0.3 is 21.1 Å². The normalized spacial score (nSPS) is 22.4. The van der Waals surface area contributed by atoms with Gasteiger partial charge in [0.25, 0.3) is 0 Å². The second kappa shape index (κ2) is 7.59. The van der Waals surface area contributed by atoms with Crippen molar-refractivity contribution in [1.29, 1.82) is 0 Å². The summed E-state index contributed by atoms with van der Waals surface area (Å²) in [5, 5.41) is 31.7. The third-order valence-corrected chi connectivity index (χ3v) is 5.48. The Balaban J connectivity index is 2.08. The van der Waals surface area contributed by atoms with E-state index in [0.717, 1.165) is 27.8 Å². The van der Waals surface area contributed by atoms with Gasteiger partial charge in [0.2, 0.25) is 0 Å². The first-order chi connectivity index (χ1) is 12.8. The Bertz CT molecular complexity index is 877. The van der Waals surface area contributed by atoms with Crippen LogP contribution < -0.4 is 5.73 Å². The quantitative estimate of drug-likeness (QED) is 0.611. The van der Waals surface area contributed by atoms with Crippen molar-refractivity contribution < 1.29 is 15.3 Å². The number of phenols is 2. The van der Waals surface area contributed by atoms with Crippen molar-refractivity contribution in [3.05, 3.63) is 71.3 Å². The zero-order valence-corrected chi connectivity index (χ0v) is 15.8. The molecule has 0 radical (unpaired) electrons. The Morgan fingerprint density at radius 2 is 1.81 bits per heavy atom. The molecule has 0 aromatic heterocycles. The molecule has 0 unspecified atom stereocenters. The number of allylic oxidation sites excluding steroid dienone is 2. The van der Waals surface area contributed by atoms with Gasteiger partial charge in [0, 0.05) is 18.0 Å². The Labute approximate surface area is 160 Å². The van der Waals surface area contributed by atoms with E-state index in [-0.39, 0.29) is 23.3 Å². The molecule has 3 rings (SSSR count). The summed E-state index contributed by atoms with van der Waals surface area (Å²) in [6.45, 7) is 8.26. The fourth-order valence-electron chi connectivity index (χ4n) is 3.88. The number of aliphatic hydroxyl groups is 1. The molecule has 0 spiro atoms. The molecule has 142 valence electrons. The van der Waals surface area contributed by atoms with Crippen molar-refractivity contribution >= 4 is 0 Å². The molecule has 4 nitrogen and oxygen atoms in total. The van der Waals surface area contributed by atoms with Gasteiger partial charge in [-0.15, -0.1) is 0 Å². The molecule has 0 saturated heterocycles. The van der Waals surface area contributed by atoms with Crippen LogP contribution in [0.1, 0.15) is 37.3 Å². The molecule has 0 heterocycles. The van der Waals surface area contributed by atoms with Crippen LogP contribution >= 0.6 is 0 Å². The molecule has 5 N–H and O–H groups in total. The van der Waals surface area contributed by atoms with Crippen LogP contribution in [0.5, 0.6) is 11.5 Å². The van der Waals surface area contributed by atoms with Crippen LogP contribution in [0.2, 0.25) is 0 Å². The highest BCUT2D eigenvalue weighted by Crippen LogP contribution is 2.47. The van der Waals surface area contributed by atoms with E-state index in [0.29, 0.717) is 18.5 Å². The minimum Gasteiger partial charge on any atom is -0.507 e. The molecule has 0 bridgehead atoms. The Hall–Kier alpha value is -2.56. The smallest absolute Gasteiger partial charge is 0.123 e. The minimum atomic E-state index is -0.523. The molecule has 0 aliphatic heterocycles.